The summed E-state index contributed by atoms with van der Waals surface area (Å²) in [7, 11) is -3.44. The smallest absolute Gasteiger partial charge is 0.243 e. The Morgan fingerprint density at radius 3 is 2.19 bits per heavy atom. The van der Waals surface area contributed by atoms with Crippen LogP contribution in [0.2, 0.25) is 0 Å². The monoisotopic (exact) mass is 387 g/mol. The molecule has 1 heterocycles. The number of carbonyl (C=O) groups excluding carboxylic acids is 1. The van der Waals surface area contributed by atoms with Crippen molar-refractivity contribution >= 4 is 33.6 Å². The number of benzene rings is 2. The van der Waals surface area contributed by atoms with Gasteiger partial charge in [0.05, 0.1) is 4.90 Å². The van der Waals surface area contributed by atoms with Crippen molar-refractivity contribution in [3.8, 4) is 0 Å². The molecular formula is C20H21NO3S2. The van der Waals surface area contributed by atoms with Crippen molar-refractivity contribution in [3.05, 3.63) is 65.7 Å². The summed E-state index contributed by atoms with van der Waals surface area (Å²) >= 11 is 1.67. The van der Waals surface area contributed by atoms with Gasteiger partial charge in [0, 0.05) is 23.5 Å². The van der Waals surface area contributed by atoms with E-state index in [1.807, 2.05) is 30.5 Å². The van der Waals surface area contributed by atoms with Gasteiger partial charge in [0.15, 0.2) is 5.78 Å². The van der Waals surface area contributed by atoms with E-state index in [1.54, 1.807) is 30.0 Å². The second-order valence-electron chi connectivity index (χ2n) is 6.11. The molecule has 6 heteroatoms. The molecule has 1 aliphatic heterocycles. The van der Waals surface area contributed by atoms with Crippen LogP contribution in [0.5, 0.6) is 0 Å². The predicted octanol–water partition coefficient (Wildman–Crippen LogP) is 4.09. The van der Waals surface area contributed by atoms with Gasteiger partial charge in [-0.2, -0.15) is 4.31 Å². The molecule has 0 atom stereocenters. The van der Waals surface area contributed by atoms with E-state index >= 15 is 0 Å². The van der Waals surface area contributed by atoms with Crippen LogP contribution in [0.4, 0.5) is 0 Å². The van der Waals surface area contributed by atoms with Gasteiger partial charge in [0.2, 0.25) is 10.0 Å². The Labute approximate surface area is 159 Å². The van der Waals surface area contributed by atoms with Gasteiger partial charge in [-0.1, -0.05) is 18.2 Å². The maximum Gasteiger partial charge on any atom is 0.243 e. The van der Waals surface area contributed by atoms with Gasteiger partial charge in [-0.3, -0.25) is 4.79 Å². The van der Waals surface area contributed by atoms with Crippen LogP contribution in [-0.4, -0.2) is 37.9 Å². The number of ketones is 1. The first-order chi connectivity index (χ1) is 12.5. The molecule has 4 nitrogen and oxygen atoms in total. The van der Waals surface area contributed by atoms with Gasteiger partial charge in [-0.25, -0.2) is 8.42 Å². The van der Waals surface area contributed by atoms with Crippen LogP contribution in [0.1, 0.15) is 28.8 Å². The average molecular weight is 388 g/mol. The van der Waals surface area contributed by atoms with Gasteiger partial charge in [-0.05, 0) is 67.1 Å². The fourth-order valence-electron chi connectivity index (χ4n) is 2.85. The molecule has 2 aromatic rings. The third kappa shape index (κ3) is 4.26. The molecule has 26 heavy (non-hydrogen) atoms. The number of nitrogens with zero attached hydrogens (tertiary/aromatic N) is 1. The first-order valence-corrected chi connectivity index (χ1v) is 11.1. The topological polar surface area (TPSA) is 54.5 Å². The maximum atomic E-state index is 12.5. The van der Waals surface area contributed by atoms with E-state index in [0.29, 0.717) is 18.7 Å². The average Bonchev–Trinajstić information content (AvgIpc) is 3.22. The summed E-state index contributed by atoms with van der Waals surface area (Å²) in [6.45, 7) is 1.14. The highest BCUT2D eigenvalue weighted by atomic mass is 32.2. The number of hydrogen-bond donors (Lipinski definition) is 0. The van der Waals surface area contributed by atoms with E-state index in [0.717, 1.165) is 18.4 Å². The molecule has 3 rings (SSSR count). The Morgan fingerprint density at radius 1 is 1.00 bits per heavy atom. The van der Waals surface area contributed by atoms with E-state index in [-0.39, 0.29) is 10.7 Å². The minimum Gasteiger partial charge on any atom is -0.289 e. The third-order valence-electron chi connectivity index (χ3n) is 4.38. The number of carbonyl (C=O) groups is 1. The highest BCUT2D eigenvalue weighted by Gasteiger charge is 2.26. The Balaban J connectivity index is 1.71. The molecule has 0 spiro atoms. The normalized spacial score (nSPS) is 15.6. The summed E-state index contributed by atoms with van der Waals surface area (Å²) < 4.78 is 26.5. The molecule has 0 saturated carbocycles. The Kier molecular flexibility index (Phi) is 5.96. The molecular weight excluding hydrogens is 366 g/mol. The van der Waals surface area contributed by atoms with Gasteiger partial charge in [0.1, 0.15) is 0 Å². The lowest BCUT2D eigenvalue weighted by atomic mass is 10.1. The first-order valence-electron chi connectivity index (χ1n) is 8.47. The molecule has 1 aliphatic rings. The zero-order valence-corrected chi connectivity index (χ0v) is 16.2. The van der Waals surface area contributed by atoms with Crippen molar-refractivity contribution in [2.45, 2.75) is 22.6 Å². The Bertz CT molecular complexity index is 895. The fraction of sp³-hybridized carbons (Fsp3) is 0.250. The minimum atomic E-state index is -3.44. The van der Waals surface area contributed by atoms with Gasteiger partial charge in [0.25, 0.3) is 0 Å². The summed E-state index contributed by atoms with van der Waals surface area (Å²) in [4.78, 5) is 13.7. The van der Waals surface area contributed by atoms with Gasteiger partial charge < -0.3 is 0 Å². The number of allylic oxidation sites excluding steroid dienone is 1. The summed E-state index contributed by atoms with van der Waals surface area (Å²) in [6.07, 6.45) is 7.10. The van der Waals surface area contributed by atoms with Crippen molar-refractivity contribution in [1.82, 2.24) is 4.31 Å². The Hall–Kier alpha value is -1.89. The number of thioether (sulfide) groups is 1. The lowest BCUT2D eigenvalue weighted by Crippen LogP contribution is -2.27. The van der Waals surface area contributed by atoms with E-state index in [4.69, 9.17) is 0 Å². The van der Waals surface area contributed by atoms with Crippen molar-refractivity contribution in [1.29, 1.82) is 0 Å². The quantitative estimate of drug-likeness (QED) is 0.426. The molecule has 136 valence electrons. The zero-order valence-electron chi connectivity index (χ0n) is 14.6. The standard InChI is InChI=1S/C20H21NO3S2/c1-25-18-9-4-16(5-10-18)6-13-20(22)17-7-11-19(12-8-17)26(23,24)21-14-2-3-15-21/h4-13H,2-3,14-15H2,1H3/b13-6+. The summed E-state index contributed by atoms with van der Waals surface area (Å²) in [5, 5.41) is 0. The van der Waals surface area contributed by atoms with E-state index < -0.39 is 10.0 Å². The largest absolute Gasteiger partial charge is 0.289 e. The van der Waals surface area contributed by atoms with Crippen LogP contribution in [0, 0.1) is 0 Å². The lowest BCUT2D eigenvalue weighted by molar-refractivity contribution is 0.104. The number of sulfonamides is 1. The van der Waals surface area contributed by atoms with E-state index in [2.05, 4.69) is 0 Å². The maximum absolute atomic E-state index is 12.5. The summed E-state index contributed by atoms with van der Waals surface area (Å²) in [6, 6.07) is 14.1. The molecule has 0 unspecified atom stereocenters. The molecule has 0 amide bonds. The van der Waals surface area contributed by atoms with E-state index in [1.165, 1.54) is 27.4 Å². The SMILES string of the molecule is CSc1ccc(/C=C/C(=O)c2ccc(S(=O)(=O)N3CCCC3)cc2)cc1. The Morgan fingerprint density at radius 2 is 1.62 bits per heavy atom. The molecule has 0 radical (unpaired) electrons. The van der Waals surface area contributed by atoms with Crippen LogP contribution < -0.4 is 0 Å². The second kappa shape index (κ2) is 8.20. The van der Waals surface area contributed by atoms with Crippen LogP contribution in [-0.2, 0) is 10.0 Å². The molecule has 2 aromatic carbocycles. The highest BCUT2D eigenvalue weighted by molar-refractivity contribution is 7.98. The van der Waals surface area contributed by atoms with E-state index in [9.17, 15) is 13.2 Å². The second-order valence-corrected chi connectivity index (χ2v) is 8.92. The fourth-order valence-corrected chi connectivity index (χ4v) is 4.78. The van der Waals surface area contributed by atoms with Crippen molar-refractivity contribution < 1.29 is 13.2 Å². The molecule has 0 bridgehead atoms. The molecule has 1 fully saturated rings. The third-order valence-corrected chi connectivity index (χ3v) is 7.04. The molecule has 0 aromatic heterocycles. The highest BCUT2D eigenvalue weighted by Crippen LogP contribution is 2.21. The summed E-state index contributed by atoms with van der Waals surface area (Å²) in [5.74, 6) is -0.149. The minimum absolute atomic E-state index is 0.149. The number of hydrogen-bond acceptors (Lipinski definition) is 4. The van der Waals surface area contributed by atoms with Crippen LogP contribution in [0.3, 0.4) is 0 Å². The summed E-state index contributed by atoms with van der Waals surface area (Å²) in [5.41, 5.74) is 1.42. The predicted molar refractivity (Wildman–Crippen MR) is 106 cm³/mol. The zero-order chi connectivity index (χ0) is 18.6. The van der Waals surface area contributed by atoms with Gasteiger partial charge in [-0.15, -0.1) is 11.8 Å². The molecule has 0 N–H and O–H groups in total. The van der Waals surface area contributed by atoms with Crippen LogP contribution in [0.25, 0.3) is 6.08 Å². The van der Waals surface area contributed by atoms with Gasteiger partial charge >= 0.3 is 0 Å². The molecule has 1 saturated heterocycles. The van der Waals surface area contributed by atoms with Crippen LogP contribution >= 0.6 is 11.8 Å². The van der Waals surface area contributed by atoms with Crippen LogP contribution in [0.15, 0.2) is 64.4 Å². The first kappa shape index (κ1) is 18.9. The number of rotatable bonds is 6. The molecule has 0 aliphatic carbocycles. The van der Waals surface area contributed by atoms with Crippen molar-refractivity contribution in [2.24, 2.45) is 0 Å². The van der Waals surface area contributed by atoms with Crippen molar-refractivity contribution in [3.63, 3.8) is 0 Å². The van der Waals surface area contributed by atoms with Crippen molar-refractivity contribution in [2.75, 3.05) is 19.3 Å². The lowest BCUT2D eigenvalue weighted by Gasteiger charge is -2.15.